The predicted octanol–water partition coefficient (Wildman–Crippen LogP) is 1.26. The average molecular weight is 390 g/mol. The summed E-state index contributed by atoms with van der Waals surface area (Å²) in [6.07, 6.45) is 7.70. The Bertz CT molecular complexity index is 408. The number of aliphatic hydroxyl groups excluding tert-OH is 1. The van der Waals surface area contributed by atoms with Crippen LogP contribution in [0.25, 0.3) is 0 Å². The van der Waals surface area contributed by atoms with Crippen molar-refractivity contribution >= 4 is 11.9 Å². The highest BCUT2D eigenvalue weighted by molar-refractivity contribution is 5.69. The van der Waals surface area contributed by atoms with E-state index in [-0.39, 0.29) is 36.7 Å². The number of rotatable bonds is 17. The molecule has 0 bridgehead atoms. The molecule has 160 valence electrons. The molecule has 0 saturated carbocycles. The van der Waals surface area contributed by atoms with Crippen LogP contribution in [-0.2, 0) is 19.1 Å². The molecule has 0 heterocycles. The molecule has 0 aromatic rings. The van der Waals surface area contributed by atoms with Gasteiger partial charge in [-0.3, -0.25) is 4.79 Å². The van der Waals surface area contributed by atoms with E-state index in [9.17, 15) is 19.8 Å². The number of carbonyl (C=O) groups excluding carboxylic acids is 2. The fourth-order valence-electron chi connectivity index (χ4n) is 2.77. The lowest BCUT2D eigenvalue weighted by molar-refractivity contribution is -0.889. The first-order valence-electron chi connectivity index (χ1n) is 10.1. The number of aliphatic hydroxyl groups is 1. The van der Waals surface area contributed by atoms with Crippen molar-refractivity contribution in [3.8, 4) is 0 Å². The van der Waals surface area contributed by atoms with Gasteiger partial charge in [-0.15, -0.1) is 0 Å². The van der Waals surface area contributed by atoms with Crippen molar-refractivity contribution in [1.29, 1.82) is 0 Å². The van der Waals surface area contributed by atoms with Gasteiger partial charge in [-0.1, -0.05) is 45.4 Å². The zero-order valence-corrected chi connectivity index (χ0v) is 17.6. The van der Waals surface area contributed by atoms with E-state index >= 15 is 0 Å². The minimum Gasteiger partial charge on any atom is -0.544 e. The van der Waals surface area contributed by atoms with E-state index in [1.807, 2.05) is 0 Å². The number of carbonyl (C=O) groups is 2. The molecule has 0 aromatic heterocycles. The van der Waals surface area contributed by atoms with Crippen LogP contribution >= 0.6 is 0 Å². The highest BCUT2D eigenvalue weighted by atomic mass is 16.5. The molecule has 0 saturated heterocycles. The number of likely N-dealkylation sites (N-methyl/N-ethyl adjacent to an activating group) is 1. The van der Waals surface area contributed by atoms with Crippen LogP contribution in [0.3, 0.4) is 0 Å². The number of quaternary nitrogens is 1. The van der Waals surface area contributed by atoms with Crippen molar-refractivity contribution < 1.29 is 33.8 Å². The second-order valence-electron chi connectivity index (χ2n) is 8.02. The van der Waals surface area contributed by atoms with Gasteiger partial charge in [0.1, 0.15) is 18.8 Å². The molecule has 0 fully saturated rings. The second kappa shape index (κ2) is 14.8. The van der Waals surface area contributed by atoms with Gasteiger partial charge in [-0.05, 0) is 6.42 Å². The molecule has 0 aliphatic heterocycles. The van der Waals surface area contributed by atoms with Gasteiger partial charge in [0.2, 0.25) is 0 Å². The molecule has 2 unspecified atom stereocenters. The number of carboxylic acids is 1. The Morgan fingerprint density at radius 3 is 2.15 bits per heavy atom. The van der Waals surface area contributed by atoms with Gasteiger partial charge in [0, 0.05) is 12.8 Å². The minimum atomic E-state index is -1.12. The third-order valence-corrected chi connectivity index (χ3v) is 4.47. The molecule has 0 rings (SSSR count). The largest absolute Gasteiger partial charge is 0.544 e. The number of unbranched alkanes of at least 4 members (excludes halogenated alkanes) is 6. The number of esters is 1. The third-order valence-electron chi connectivity index (χ3n) is 4.47. The monoisotopic (exact) mass is 389 g/mol. The van der Waals surface area contributed by atoms with Gasteiger partial charge in [-0.2, -0.15) is 0 Å². The molecule has 7 heteroatoms. The molecule has 0 amide bonds. The van der Waals surface area contributed by atoms with Gasteiger partial charge in [0.15, 0.2) is 0 Å². The fraction of sp³-hybridized carbons (Fsp3) is 0.900. The first kappa shape index (κ1) is 25.8. The topological polar surface area (TPSA) is 95.9 Å². The standard InChI is InChI=1S/C20H39NO6/c1-5-6-7-8-9-10-11-12-19(23)27-16-17(22)15-26-14-13-18(20(24)25)21(2,3)4/h17-18,22H,5-16H2,1-4H3. The molecule has 0 aliphatic rings. The van der Waals surface area contributed by atoms with Crippen molar-refractivity contribution in [2.75, 3.05) is 41.0 Å². The number of carboxylic acid groups (broad SMARTS) is 1. The van der Waals surface area contributed by atoms with Gasteiger partial charge >= 0.3 is 5.97 Å². The van der Waals surface area contributed by atoms with E-state index in [1.165, 1.54) is 25.7 Å². The van der Waals surface area contributed by atoms with Gasteiger partial charge in [0.05, 0.1) is 40.3 Å². The first-order chi connectivity index (χ1) is 12.7. The van der Waals surface area contributed by atoms with Crippen molar-refractivity contribution in [3.05, 3.63) is 0 Å². The van der Waals surface area contributed by atoms with Crippen molar-refractivity contribution in [3.63, 3.8) is 0 Å². The van der Waals surface area contributed by atoms with E-state index in [2.05, 4.69) is 6.92 Å². The summed E-state index contributed by atoms with van der Waals surface area (Å²) in [6, 6.07) is -0.679. The highest BCUT2D eigenvalue weighted by Gasteiger charge is 2.24. The molecule has 1 N–H and O–H groups in total. The third kappa shape index (κ3) is 14.5. The maximum absolute atomic E-state index is 11.6. The molecule has 27 heavy (non-hydrogen) atoms. The summed E-state index contributed by atoms with van der Waals surface area (Å²) >= 11 is 0. The van der Waals surface area contributed by atoms with E-state index < -0.39 is 18.1 Å². The summed E-state index contributed by atoms with van der Waals surface area (Å²) in [7, 11) is 5.33. The van der Waals surface area contributed by atoms with Crippen molar-refractivity contribution in [2.45, 2.75) is 76.9 Å². The molecule has 7 nitrogen and oxygen atoms in total. The van der Waals surface area contributed by atoms with Crippen LogP contribution in [-0.4, -0.2) is 74.6 Å². The first-order valence-corrected chi connectivity index (χ1v) is 10.1. The summed E-state index contributed by atoms with van der Waals surface area (Å²) in [6.45, 7) is 2.28. The number of ether oxygens (including phenoxy) is 2. The Morgan fingerprint density at radius 1 is 1.00 bits per heavy atom. The van der Waals surface area contributed by atoms with Gasteiger partial charge < -0.3 is 29.0 Å². The van der Waals surface area contributed by atoms with Crippen LogP contribution in [0.5, 0.6) is 0 Å². The summed E-state index contributed by atoms with van der Waals surface area (Å²) in [5, 5.41) is 20.9. The van der Waals surface area contributed by atoms with Crippen LogP contribution in [0.2, 0.25) is 0 Å². The number of nitrogens with zero attached hydrogens (tertiary/aromatic N) is 1. The SMILES string of the molecule is CCCCCCCCCC(=O)OCC(O)COCCC(C(=O)[O-])[N+](C)(C)C. The van der Waals surface area contributed by atoms with E-state index in [4.69, 9.17) is 9.47 Å². The summed E-state index contributed by atoms with van der Waals surface area (Å²) in [5.41, 5.74) is 0. The number of aliphatic carboxylic acids is 1. The minimum absolute atomic E-state index is 0.00161. The highest BCUT2D eigenvalue weighted by Crippen LogP contribution is 2.09. The summed E-state index contributed by atoms with van der Waals surface area (Å²) < 4.78 is 10.6. The maximum atomic E-state index is 11.6. The fourth-order valence-corrected chi connectivity index (χ4v) is 2.77. The Labute approximate surface area is 164 Å². The Hall–Kier alpha value is -1.18. The Balaban J connectivity index is 3.71. The van der Waals surface area contributed by atoms with Crippen LogP contribution in [0.4, 0.5) is 0 Å². The molecule has 0 aromatic carbocycles. The predicted molar refractivity (Wildman–Crippen MR) is 102 cm³/mol. The maximum Gasteiger partial charge on any atom is 0.305 e. The van der Waals surface area contributed by atoms with Crippen molar-refractivity contribution in [1.82, 2.24) is 0 Å². The lowest BCUT2D eigenvalue weighted by atomic mass is 10.1. The van der Waals surface area contributed by atoms with E-state index in [0.29, 0.717) is 6.42 Å². The molecule has 0 aliphatic carbocycles. The summed E-state index contributed by atoms with van der Waals surface area (Å²) in [5.74, 6) is -1.42. The molecule has 0 spiro atoms. The number of hydrogen-bond donors (Lipinski definition) is 1. The quantitative estimate of drug-likeness (QED) is 0.229. The Morgan fingerprint density at radius 2 is 1.59 bits per heavy atom. The number of hydrogen-bond acceptors (Lipinski definition) is 6. The molecule has 2 atom stereocenters. The van der Waals surface area contributed by atoms with Gasteiger partial charge in [-0.25, -0.2) is 0 Å². The van der Waals surface area contributed by atoms with Crippen LogP contribution in [0.15, 0.2) is 0 Å². The normalized spacial score (nSPS) is 14.0. The average Bonchev–Trinajstić information content (AvgIpc) is 2.57. The zero-order chi connectivity index (χ0) is 20.7. The van der Waals surface area contributed by atoms with Crippen molar-refractivity contribution in [2.24, 2.45) is 0 Å². The lowest BCUT2D eigenvalue weighted by Crippen LogP contribution is -2.55. The zero-order valence-electron chi connectivity index (χ0n) is 17.6. The van der Waals surface area contributed by atoms with Crippen LogP contribution in [0.1, 0.15) is 64.7 Å². The Kier molecular flexibility index (Phi) is 14.2. The molecular weight excluding hydrogens is 350 g/mol. The van der Waals surface area contributed by atoms with Crippen LogP contribution < -0.4 is 5.11 Å². The molecule has 0 radical (unpaired) electrons. The molecular formula is C20H39NO6. The summed E-state index contributed by atoms with van der Waals surface area (Å²) in [4.78, 5) is 22.8. The van der Waals surface area contributed by atoms with Crippen LogP contribution in [0, 0.1) is 0 Å². The smallest absolute Gasteiger partial charge is 0.305 e. The van der Waals surface area contributed by atoms with E-state index in [0.717, 1.165) is 19.3 Å². The van der Waals surface area contributed by atoms with E-state index in [1.54, 1.807) is 21.1 Å². The lowest BCUT2D eigenvalue weighted by Gasteiger charge is -2.34. The van der Waals surface area contributed by atoms with Gasteiger partial charge in [0.25, 0.3) is 0 Å². The second-order valence-corrected chi connectivity index (χ2v) is 8.02.